The van der Waals surface area contributed by atoms with Crippen LogP contribution in [0.5, 0.6) is 0 Å². The van der Waals surface area contributed by atoms with E-state index in [2.05, 4.69) is 15.9 Å². The highest BCUT2D eigenvalue weighted by Gasteiger charge is 2.50. The Kier molecular flexibility index (Phi) is 4.78. The number of anilines is 1. The van der Waals surface area contributed by atoms with Gasteiger partial charge < -0.3 is 10.0 Å². The predicted octanol–water partition coefficient (Wildman–Crippen LogP) is 3.15. The number of halogens is 2. The molecule has 3 atom stereocenters. The van der Waals surface area contributed by atoms with Gasteiger partial charge in [-0.3, -0.25) is 0 Å². The first-order valence-corrected chi connectivity index (χ1v) is 11.0. The summed E-state index contributed by atoms with van der Waals surface area (Å²) < 4.78 is 43.1. The Bertz CT molecular complexity index is 985. The van der Waals surface area contributed by atoms with E-state index in [1.165, 1.54) is 22.5 Å². The first-order chi connectivity index (χ1) is 12.9. The molecule has 0 unspecified atom stereocenters. The lowest BCUT2D eigenvalue weighted by atomic mass is 9.82. The maximum absolute atomic E-state index is 14.3. The van der Waals surface area contributed by atoms with Crippen molar-refractivity contribution in [2.75, 3.05) is 25.1 Å². The molecule has 0 amide bonds. The Labute approximate surface area is 166 Å². The maximum atomic E-state index is 14.3. The number of likely N-dealkylation sites (N-methyl/N-ethyl adjacent to an activating group) is 1. The zero-order chi connectivity index (χ0) is 19.3. The van der Waals surface area contributed by atoms with Crippen molar-refractivity contribution in [2.45, 2.75) is 23.4 Å². The molecule has 27 heavy (non-hydrogen) atoms. The third-order valence-electron chi connectivity index (χ3n) is 5.69. The molecule has 2 heterocycles. The van der Waals surface area contributed by atoms with Crippen LogP contribution in [-0.4, -0.2) is 44.1 Å². The third kappa shape index (κ3) is 2.90. The van der Waals surface area contributed by atoms with Crippen molar-refractivity contribution in [2.24, 2.45) is 5.92 Å². The Hall–Kier alpha value is -1.48. The van der Waals surface area contributed by atoms with Crippen LogP contribution in [0.15, 0.2) is 51.8 Å². The van der Waals surface area contributed by atoms with Gasteiger partial charge in [0.15, 0.2) is 0 Å². The number of sulfonamides is 1. The topological polar surface area (TPSA) is 60.9 Å². The van der Waals surface area contributed by atoms with E-state index in [0.717, 1.165) is 21.8 Å². The van der Waals surface area contributed by atoms with Gasteiger partial charge in [0, 0.05) is 29.7 Å². The molecule has 0 saturated carbocycles. The summed E-state index contributed by atoms with van der Waals surface area (Å²) in [6.07, 6.45) is 0.611. The molecular weight excluding hydrogens is 435 g/mol. The van der Waals surface area contributed by atoms with Crippen molar-refractivity contribution in [3.63, 3.8) is 0 Å². The van der Waals surface area contributed by atoms with Crippen molar-refractivity contribution in [3.05, 3.63) is 58.3 Å². The highest BCUT2D eigenvalue weighted by molar-refractivity contribution is 9.10. The number of nitrogens with zero attached hydrogens (tertiary/aromatic N) is 2. The Balaban J connectivity index is 1.87. The quantitative estimate of drug-likeness (QED) is 0.773. The molecule has 1 N–H and O–H groups in total. The number of hydrogen-bond acceptors (Lipinski definition) is 4. The molecule has 0 bridgehead atoms. The van der Waals surface area contributed by atoms with Crippen LogP contribution >= 0.6 is 15.9 Å². The van der Waals surface area contributed by atoms with E-state index in [1.807, 2.05) is 30.1 Å². The lowest BCUT2D eigenvalue weighted by Gasteiger charge is -2.44. The first kappa shape index (κ1) is 18.9. The van der Waals surface area contributed by atoms with Crippen LogP contribution in [0.2, 0.25) is 0 Å². The summed E-state index contributed by atoms with van der Waals surface area (Å²) in [5, 5.41) is 9.96. The zero-order valence-electron chi connectivity index (χ0n) is 14.7. The highest BCUT2D eigenvalue weighted by atomic mass is 79.9. The molecule has 4 rings (SSSR count). The second-order valence-corrected chi connectivity index (χ2v) is 9.78. The predicted molar refractivity (Wildman–Crippen MR) is 105 cm³/mol. The summed E-state index contributed by atoms with van der Waals surface area (Å²) in [6, 6.07) is 10.6. The van der Waals surface area contributed by atoms with Crippen molar-refractivity contribution >= 4 is 31.6 Å². The Morgan fingerprint density at radius 2 is 2.00 bits per heavy atom. The second kappa shape index (κ2) is 6.84. The minimum absolute atomic E-state index is 0.0663. The van der Waals surface area contributed by atoms with Crippen molar-refractivity contribution in [3.8, 4) is 0 Å². The minimum Gasteiger partial charge on any atom is -0.394 e. The summed E-state index contributed by atoms with van der Waals surface area (Å²) >= 11 is 3.47. The van der Waals surface area contributed by atoms with E-state index >= 15 is 0 Å². The monoisotopic (exact) mass is 454 g/mol. The number of aliphatic hydroxyl groups is 1. The normalized spacial score (nSPS) is 25.3. The molecule has 5 nitrogen and oxygen atoms in total. The second-order valence-electron chi connectivity index (χ2n) is 7.01. The molecule has 8 heteroatoms. The van der Waals surface area contributed by atoms with Crippen molar-refractivity contribution in [1.82, 2.24) is 4.31 Å². The largest absolute Gasteiger partial charge is 0.394 e. The van der Waals surface area contributed by atoms with E-state index in [-0.39, 0.29) is 23.5 Å². The number of aliphatic hydroxyl groups excluding tert-OH is 1. The lowest BCUT2D eigenvalue weighted by Crippen LogP contribution is -2.48. The van der Waals surface area contributed by atoms with Gasteiger partial charge in [-0.05, 0) is 42.3 Å². The SMILES string of the molecule is CN1c2ccc(Br)cc2[C@@H]2[C@@H](CCN2S(=O)(=O)c2ccccc2F)[C@H]1CO. The first-order valence-electron chi connectivity index (χ1n) is 8.75. The molecule has 2 aromatic rings. The number of rotatable bonds is 3. The fourth-order valence-electron chi connectivity index (χ4n) is 4.43. The molecule has 0 aliphatic carbocycles. The summed E-state index contributed by atoms with van der Waals surface area (Å²) in [7, 11) is -2.09. The van der Waals surface area contributed by atoms with Crippen LogP contribution < -0.4 is 4.90 Å². The average molecular weight is 455 g/mol. The van der Waals surface area contributed by atoms with E-state index in [9.17, 15) is 17.9 Å². The van der Waals surface area contributed by atoms with E-state index in [4.69, 9.17) is 0 Å². The summed E-state index contributed by atoms with van der Waals surface area (Å²) in [5.41, 5.74) is 1.76. The maximum Gasteiger partial charge on any atom is 0.246 e. The smallest absolute Gasteiger partial charge is 0.246 e. The van der Waals surface area contributed by atoms with Crippen LogP contribution in [0, 0.1) is 11.7 Å². The van der Waals surface area contributed by atoms with Gasteiger partial charge in [-0.1, -0.05) is 28.1 Å². The van der Waals surface area contributed by atoms with E-state index < -0.39 is 21.9 Å². The molecular formula is C19H20BrFN2O3S. The molecule has 2 aliphatic heterocycles. The van der Waals surface area contributed by atoms with Crippen LogP contribution in [0.25, 0.3) is 0 Å². The van der Waals surface area contributed by atoms with Crippen molar-refractivity contribution < 1.29 is 17.9 Å². The summed E-state index contributed by atoms with van der Waals surface area (Å²) in [4.78, 5) is 1.71. The zero-order valence-corrected chi connectivity index (χ0v) is 17.1. The average Bonchev–Trinajstić information content (AvgIpc) is 3.08. The van der Waals surface area contributed by atoms with Gasteiger partial charge in [-0.25, -0.2) is 12.8 Å². The number of fused-ring (bicyclic) bond motifs is 3. The molecule has 1 fully saturated rings. The van der Waals surface area contributed by atoms with Crippen molar-refractivity contribution in [1.29, 1.82) is 0 Å². The molecule has 0 spiro atoms. The van der Waals surface area contributed by atoms with Crippen LogP contribution in [0.1, 0.15) is 18.0 Å². The fourth-order valence-corrected chi connectivity index (χ4v) is 6.54. The number of benzene rings is 2. The Morgan fingerprint density at radius 1 is 1.26 bits per heavy atom. The lowest BCUT2D eigenvalue weighted by molar-refractivity contribution is 0.193. The van der Waals surface area contributed by atoms with E-state index in [0.29, 0.717) is 13.0 Å². The van der Waals surface area contributed by atoms with Gasteiger partial charge >= 0.3 is 0 Å². The van der Waals surface area contributed by atoms with Gasteiger partial charge in [-0.2, -0.15) is 4.31 Å². The fraction of sp³-hybridized carbons (Fsp3) is 0.368. The molecule has 0 radical (unpaired) electrons. The van der Waals surface area contributed by atoms with Gasteiger partial charge in [-0.15, -0.1) is 0 Å². The standard InChI is InChI=1S/C19H20BrFN2O3S/c1-22-16-7-6-12(20)10-14(16)19-13(17(22)11-24)8-9-23(19)27(25,26)18-5-3-2-4-15(18)21/h2-7,10,13,17,19,24H,8-9,11H2,1H3/t13-,17+,19-/m0/s1. The van der Waals surface area contributed by atoms with Crippen LogP contribution in [0.3, 0.4) is 0 Å². The van der Waals surface area contributed by atoms with Gasteiger partial charge in [0.05, 0.1) is 18.7 Å². The molecule has 2 aliphatic rings. The molecule has 2 aromatic carbocycles. The van der Waals surface area contributed by atoms with Crippen LogP contribution in [0.4, 0.5) is 10.1 Å². The summed E-state index contributed by atoms with van der Waals surface area (Å²) in [5.74, 6) is -0.814. The van der Waals surface area contributed by atoms with Gasteiger partial charge in [0.2, 0.25) is 10.0 Å². The summed E-state index contributed by atoms with van der Waals surface area (Å²) in [6.45, 7) is 0.225. The van der Waals surface area contributed by atoms with Gasteiger partial charge in [0.1, 0.15) is 10.7 Å². The Morgan fingerprint density at radius 3 is 2.70 bits per heavy atom. The van der Waals surface area contributed by atoms with Gasteiger partial charge in [0.25, 0.3) is 0 Å². The molecule has 0 aromatic heterocycles. The third-order valence-corrected chi connectivity index (χ3v) is 8.10. The minimum atomic E-state index is -4.00. The highest BCUT2D eigenvalue weighted by Crippen LogP contribution is 2.50. The molecule has 1 saturated heterocycles. The van der Waals surface area contributed by atoms with Crippen LogP contribution in [-0.2, 0) is 10.0 Å². The van der Waals surface area contributed by atoms with E-state index in [1.54, 1.807) is 0 Å². The number of hydrogen-bond donors (Lipinski definition) is 1. The molecule has 144 valence electrons.